The monoisotopic (exact) mass is 305 g/mol. The lowest BCUT2D eigenvalue weighted by molar-refractivity contribution is 0.0786. The number of H-pyrrole nitrogens is 2. The third-order valence-corrected chi connectivity index (χ3v) is 4.00. The van der Waals surface area contributed by atoms with Gasteiger partial charge in [0.25, 0.3) is 5.91 Å². The van der Waals surface area contributed by atoms with Crippen LogP contribution in [-0.4, -0.2) is 38.2 Å². The van der Waals surface area contributed by atoms with Crippen molar-refractivity contribution in [3.8, 4) is 0 Å². The van der Waals surface area contributed by atoms with Gasteiger partial charge in [0, 0.05) is 36.3 Å². The van der Waals surface area contributed by atoms with E-state index >= 15 is 0 Å². The summed E-state index contributed by atoms with van der Waals surface area (Å²) in [7, 11) is 1.81. The number of hydrogen-bond donors (Lipinski definition) is 2. The fraction of sp³-hybridized carbons (Fsp3) is 0.118. The van der Waals surface area contributed by atoms with E-state index in [1.54, 1.807) is 30.1 Å². The molecule has 2 heterocycles. The van der Waals surface area contributed by atoms with Crippen molar-refractivity contribution in [2.75, 3.05) is 7.05 Å². The maximum Gasteiger partial charge on any atom is 0.253 e. The Kier molecular flexibility index (Phi) is 3.08. The number of rotatable bonds is 3. The summed E-state index contributed by atoms with van der Waals surface area (Å²) in [6.07, 6.45) is 1.91. The van der Waals surface area contributed by atoms with Crippen LogP contribution in [0.3, 0.4) is 0 Å². The van der Waals surface area contributed by atoms with Crippen LogP contribution in [-0.2, 0) is 6.54 Å². The van der Waals surface area contributed by atoms with Crippen molar-refractivity contribution in [1.82, 2.24) is 25.3 Å². The first-order valence-corrected chi connectivity index (χ1v) is 7.33. The molecular weight excluding hydrogens is 290 g/mol. The number of carbonyl (C=O) groups excluding carboxylic acids is 1. The van der Waals surface area contributed by atoms with Crippen molar-refractivity contribution >= 4 is 27.8 Å². The summed E-state index contributed by atoms with van der Waals surface area (Å²) in [5.74, 6) is -0.0394. The number of amides is 1. The molecule has 0 fully saturated rings. The van der Waals surface area contributed by atoms with E-state index in [1.165, 1.54) is 0 Å². The molecule has 0 saturated heterocycles. The number of hydrogen-bond acceptors (Lipinski definition) is 3. The Morgan fingerprint density at radius 1 is 1.13 bits per heavy atom. The Bertz CT molecular complexity index is 1000. The number of benzene rings is 2. The highest BCUT2D eigenvalue weighted by molar-refractivity contribution is 5.97. The summed E-state index contributed by atoms with van der Waals surface area (Å²) in [5, 5.41) is 11.7. The summed E-state index contributed by atoms with van der Waals surface area (Å²) >= 11 is 0. The second kappa shape index (κ2) is 5.24. The lowest BCUT2D eigenvalue weighted by atomic mass is 10.1. The van der Waals surface area contributed by atoms with Gasteiger partial charge in [0.15, 0.2) is 0 Å². The summed E-state index contributed by atoms with van der Waals surface area (Å²) in [4.78, 5) is 17.5. The van der Waals surface area contributed by atoms with Gasteiger partial charge < -0.3 is 9.88 Å². The minimum absolute atomic E-state index is 0.0394. The van der Waals surface area contributed by atoms with E-state index in [0.717, 1.165) is 22.0 Å². The molecule has 0 aliphatic rings. The second-order valence-corrected chi connectivity index (χ2v) is 5.54. The van der Waals surface area contributed by atoms with E-state index in [-0.39, 0.29) is 5.91 Å². The molecule has 0 atom stereocenters. The second-order valence-electron chi connectivity index (χ2n) is 5.54. The van der Waals surface area contributed by atoms with Gasteiger partial charge in [-0.05, 0) is 35.9 Å². The van der Waals surface area contributed by atoms with Crippen LogP contribution in [0.25, 0.3) is 21.9 Å². The van der Waals surface area contributed by atoms with Crippen LogP contribution in [0.1, 0.15) is 15.9 Å². The van der Waals surface area contributed by atoms with Crippen molar-refractivity contribution in [2.24, 2.45) is 0 Å². The summed E-state index contributed by atoms with van der Waals surface area (Å²) in [6, 6.07) is 13.4. The minimum Gasteiger partial charge on any atom is -0.361 e. The average molecular weight is 305 g/mol. The maximum absolute atomic E-state index is 12.6. The smallest absolute Gasteiger partial charge is 0.253 e. The predicted molar refractivity (Wildman–Crippen MR) is 88.0 cm³/mol. The Labute approximate surface area is 132 Å². The topological polar surface area (TPSA) is 77.7 Å². The molecule has 23 heavy (non-hydrogen) atoms. The average Bonchev–Trinajstić information content (AvgIpc) is 3.22. The van der Waals surface area contributed by atoms with Crippen LogP contribution in [0, 0.1) is 0 Å². The molecule has 0 spiro atoms. The molecule has 1 amide bonds. The van der Waals surface area contributed by atoms with Crippen LogP contribution < -0.4 is 0 Å². The number of nitrogens with zero attached hydrogens (tertiary/aromatic N) is 3. The van der Waals surface area contributed by atoms with Crippen molar-refractivity contribution in [3.63, 3.8) is 0 Å². The van der Waals surface area contributed by atoms with Gasteiger partial charge in [-0.15, -0.1) is 0 Å². The minimum atomic E-state index is -0.0394. The van der Waals surface area contributed by atoms with Crippen LogP contribution in [0.5, 0.6) is 0 Å². The first kappa shape index (κ1) is 13.5. The Balaban J connectivity index is 1.61. The Hall–Kier alpha value is -3.15. The standard InChI is InChI=1S/C17H15N5O/c1-22(10-12-3-2-4-14-13(12)7-8-18-14)17(23)11-5-6-15-16(9-11)20-21-19-15/h2-9,18H,10H2,1H3,(H,19,20,21). The van der Waals surface area contributed by atoms with E-state index < -0.39 is 0 Å². The van der Waals surface area contributed by atoms with Crippen LogP contribution in [0.4, 0.5) is 0 Å². The lowest BCUT2D eigenvalue weighted by Crippen LogP contribution is -2.26. The van der Waals surface area contributed by atoms with Crippen molar-refractivity contribution < 1.29 is 4.79 Å². The van der Waals surface area contributed by atoms with E-state index in [9.17, 15) is 4.79 Å². The third-order valence-electron chi connectivity index (χ3n) is 4.00. The first-order chi connectivity index (χ1) is 11.2. The molecule has 4 rings (SSSR count). The fourth-order valence-electron chi connectivity index (χ4n) is 2.81. The lowest BCUT2D eigenvalue weighted by Gasteiger charge is -2.18. The number of fused-ring (bicyclic) bond motifs is 2. The molecule has 0 unspecified atom stereocenters. The number of nitrogens with one attached hydrogen (secondary N) is 2. The van der Waals surface area contributed by atoms with Crippen molar-refractivity contribution in [2.45, 2.75) is 6.54 Å². The Morgan fingerprint density at radius 3 is 2.91 bits per heavy atom. The zero-order valence-corrected chi connectivity index (χ0v) is 12.6. The highest BCUT2D eigenvalue weighted by atomic mass is 16.2. The zero-order chi connectivity index (χ0) is 15.8. The number of carbonyl (C=O) groups is 1. The molecule has 0 radical (unpaired) electrons. The largest absolute Gasteiger partial charge is 0.361 e. The van der Waals surface area contributed by atoms with Gasteiger partial charge in [0.1, 0.15) is 11.0 Å². The summed E-state index contributed by atoms with van der Waals surface area (Å²) < 4.78 is 0. The van der Waals surface area contributed by atoms with Crippen molar-refractivity contribution in [1.29, 1.82) is 0 Å². The predicted octanol–water partition coefficient (Wildman–Crippen LogP) is 2.71. The molecule has 4 aromatic rings. The number of aromatic amines is 2. The molecule has 2 aromatic carbocycles. The fourth-order valence-corrected chi connectivity index (χ4v) is 2.81. The quantitative estimate of drug-likeness (QED) is 0.611. The van der Waals surface area contributed by atoms with Crippen LogP contribution in [0.2, 0.25) is 0 Å². The van der Waals surface area contributed by atoms with Gasteiger partial charge in [-0.1, -0.05) is 12.1 Å². The van der Waals surface area contributed by atoms with Gasteiger partial charge in [0.05, 0.1) is 0 Å². The molecule has 0 aliphatic heterocycles. The Morgan fingerprint density at radius 2 is 2.00 bits per heavy atom. The number of aromatic nitrogens is 4. The normalized spacial score (nSPS) is 11.2. The zero-order valence-electron chi connectivity index (χ0n) is 12.6. The van der Waals surface area contributed by atoms with E-state index in [2.05, 4.69) is 20.4 Å². The van der Waals surface area contributed by atoms with Gasteiger partial charge in [-0.25, -0.2) is 0 Å². The van der Waals surface area contributed by atoms with Crippen molar-refractivity contribution in [3.05, 3.63) is 59.8 Å². The van der Waals surface area contributed by atoms with E-state index in [0.29, 0.717) is 17.6 Å². The molecule has 0 bridgehead atoms. The SMILES string of the molecule is CN(Cc1cccc2[nH]ccc12)C(=O)c1ccc2n[nH]nc2c1. The summed E-state index contributed by atoms with van der Waals surface area (Å²) in [6.45, 7) is 0.547. The van der Waals surface area contributed by atoms with Crippen LogP contribution >= 0.6 is 0 Å². The molecule has 0 aliphatic carbocycles. The maximum atomic E-state index is 12.6. The highest BCUT2D eigenvalue weighted by Gasteiger charge is 2.14. The molecular formula is C17H15N5O. The third kappa shape index (κ3) is 2.34. The van der Waals surface area contributed by atoms with Gasteiger partial charge in [0.2, 0.25) is 0 Å². The van der Waals surface area contributed by atoms with Crippen LogP contribution in [0.15, 0.2) is 48.7 Å². The van der Waals surface area contributed by atoms with Gasteiger partial charge in [-0.3, -0.25) is 4.79 Å². The van der Waals surface area contributed by atoms with Gasteiger partial charge >= 0.3 is 0 Å². The first-order valence-electron chi connectivity index (χ1n) is 7.33. The molecule has 2 aromatic heterocycles. The van der Waals surface area contributed by atoms with E-state index in [1.807, 2.05) is 30.5 Å². The molecule has 114 valence electrons. The highest BCUT2D eigenvalue weighted by Crippen LogP contribution is 2.20. The molecule has 2 N–H and O–H groups in total. The molecule has 6 nitrogen and oxygen atoms in total. The molecule has 6 heteroatoms. The summed E-state index contributed by atoms with van der Waals surface area (Å²) in [5.41, 5.74) is 4.24. The molecule has 0 saturated carbocycles. The van der Waals surface area contributed by atoms with Gasteiger partial charge in [-0.2, -0.15) is 15.4 Å². The van der Waals surface area contributed by atoms with E-state index in [4.69, 9.17) is 0 Å².